The van der Waals surface area contributed by atoms with Crippen molar-refractivity contribution in [3.8, 4) is 0 Å². The summed E-state index contributed by atoms with van der Waals surface area (Å²) in [6.07, 6.45) is 1.22. The standard InChI is InChI=1S/C11H26N2O/c1-5-13(6-2)9-7-8-12-11(3)10-14-4/h11-12H,5-10H2,1-4H3/t11-/m0/s1. The third-order valence-corrected chi connectivity index (χ3v) is 2.46. The van der Waals surface area contributed by atoms with Crippen LogP contribution in [-0.2, 0) is 4.74 Å². The van der Waals surface area contributed by atoms with Crippen LogP contribution in [0.25, 0.3) is 0 Å². The molecule has 3 heteroatoms. The van der Waals surface area contributed by atoms with Crippen molar-refractivity contribution >= 4 is 0 Å². The molecule has 0 bridgehead atoms. The largest absolute Gasteiger partial charge is 0.383 e. The van der Waals surface area contributed by atoms with E-state index in [1.54, 1.807) is 7.11 Å². The van der Waals surface area contributed by atoms with E-state index in [1.165, 1.54) is 13.0 Å². The molecular formula is C11H26N2O. The number of ether oxygens (including phenoxy) is 1. The van der Waals surface area contributed by atoms with Crippen molar-refractivity contribution in [3.63, 3.8) is 0 Å². The highest BCUT2D eigenvalue weighted by atomic mass is 16.5. The number of methoxy groups -OCH3 is 1. The fourth-order valence-corrected chi connectivity index (χ4v) is 1.50. The fraction of sp³-hybridized carbons (Fsp3) is 1.00. The van der Waals surface area contributed by atoms with E-state index in [4.69, 9.17) is 4.74 Å². The van der Waals surface area contributed by atoms with E-state index >= 15 is 0 Å². The lowest BCUT2D eigenvalue weighted by molar-refractivity contribution is 0.171. The Balaban J connectivity index is 3.27. The number of hydrogen-bond donors (Lipinski definition) is 1. The van der Waals surface area contributed by atoms with Crippen LogP contribution < -0.4 is 5.32 Å². The summed E-state index contributed by atoms with van der Waals surface area (Å²) < 4.78 is 5.05. The third kappa shape index (κ3) is 7.30. The predicted molar refractivity (Wildman–Crippen MR) is 61.7 cm³/mol. The first-order chi connectivity index (χ1) is 6.74. The summed E-state index contributed by atoms with van der Waals surface area (Å²) in [4.78, 5) is 2.45. The molecule has 0 amide bonds. The average Bonchev–Trinajstić information content (AvgIpc) is 2.19. The minimum atomic E-state index is 0.469. The lowest BCUT2D eigenvalue weighted by atomic mass is 10.3. The Morgan fingerprint density at radius 3 is 2.43 bits per heavy atom. The van der Waals surface area contributed by atoms with Gasteiger partial charge < -0.3 is 15.0 Å². The molecule has 1 atom stereocenters. The Labute approximate surface area is 88.8 Å². The van der Waals surface area contributed by atoms with Crippen LogP contribution in [0.3, 0.4) is 0 Å². The van der Waals surface area contributed by atoms with Crippen molar-refractivity contribution in [2.45, 2.75) is 33.2 Å². The van der Waals surface area contributed by atoms with Crippen molar-refractivity contribution in [1.29, 1.82) is 0 Å². The van der Waals surface area contributed by atoms with Crippen LogP contribution in [0.5, 0.6) is 0 Å². The molecule has 1 N–H and O–H groups in total. The monoisotopic (exact) mass is 202 g/mol. The van der Waals surface area contributed by atoms with Gasteiger partial charge in [-0.25, -0.2) is 0 Å². The second-order valence-electron chi connectivity index (χ2n) is 3.69. The maximum Gasteiger partial charge on any atom is 0.0613 e. The Hall–Kier alpha value is -0.120. The maximum atomic E-state index is 5.05. The van der Waals surface area contributed by atoms with Crippen molar-refractivity contribution in [1.82, 2.24) is 10.2 Å². The van der Waals surface area contributed by atoms with E-state index in [9.17, 15) is 0 Å². The maximum absolute atomic E-state index is 5.05. The van der Waals surface area contributed by atoms with Crippen LogP contribution in [0, 0.1) is 0 Å². The van der Waals surface area contributed by atoms with Gasteiger partial charge in [0, 0.05) is 13.2 Å². The summed E-state index contributed by atoms with van der Waals surface area (Å²) in [6.45, 7) is 12.0. The quantitative estimate of drug-likeness (QED) is 0.571. The molecule has 0 aromatic heterocycles. The smallest absolute Gasteiger partial charge is 0.0613 e. The molecule has 0 aliphatic carbocycles. The van der Waals surface area contributed by atoms with Gasteiger partial charge in [0.05, 0.1) is 6.61 Å². The van der Waals surface area contributed by atoms with Crippen LogP contribution in [0.15, 0.2) is 0 Å². The van der Waals surface area contributed by atoms with E-state index in [-0.39, 0.29) is 0 Å². The molecule has 0 aliphatic rings. The van der Waals surface area contributed by atoms with E-state index in [1.807, 2.05) is 0 Å². The molecule has 0 aromatic rings. The zero-order valence-corrected chi connectivity index (χ0v) is 10.2. The lowest BCUT2D eigenvalue weighted by Crippen LogP contribution is -2.33. The first-order valence-electron chi connectivity index (χ1n) is 5.69. The molecule has 0 rings (SSSR count). The highest BCUT2D eigenvalue weighted by Gasteiger charge is 2.01. The molecule has 0 saturated heterocycles. The number of rotatable bonds is 9. The summed E-state index contributed by atoms with van der Waals surface area (Å²) >= 11 is 0. The molecule has 3 nitrogen and oxygen atoms in total. The summed E-state index contributed by atoms with van der Waals surface area (Å²) in [5, 5.41) is 3.44. The Kier molecular flexibility index (Phi) is 9.35. The molecule has 0 spiro atoms. The highest BCUT2D eigenvalue weighted by Crippen LogP contribution is 1.90. The Bertz CT molecular complexity index is 116. The van der Waals surface area contributed by atoms with Crippen LogP contribution >= 0.6 is 0 Å². The second kappa shape index (κ2) is 9.44. The SMILES string of the molecule is CCN(CC)CCCN[C@@H](C)COC. The van der Waals surface area contributed by atoms with E-state index in [2.05, 4.69) is 31.0 Å². The van der Waals surface area contributed by atoms with Gasteiger partial charge in [-0.3, -0.25) is 0 Å². The number of nitrogens with one attached hydrogen (secondary N) is 1. The topological polar surface area (TPSA) is 24.5 Å². The summed E-state index contributed by atoms with van der Waals surface area (Å²) in [5.41, 5.74) is 0. The molecule has 14 heavy (non-hydrogen) atoms. The minimum Gasteiger partial charge on any atom is -0.383 e. The van der Waals surface area contributed by atoms with Gasteiger partial charge in [0.15, 0.2) is 0 Å². The molecule has 0 radical (unpaired) electrons. The van der Waals surface area contributed by atoms with Gasteiger partial charge in [-0.15, -0.1) is 0 Å². The molecule has 86 valence electrons. The summed E-state index contributed by atoms with van der Waals surface area (Å²) in [6, 6.07) is 0.469. The molecule has 0 heterocycles. The van der Waals surface area contributed by atoms with Gasteiger partial charge in [0.25, 0.3) is 0 Å². The molecule has 0 aliphatic heterocycles. The van der Waals surface area contributed by atoms with Gasteiger partial charge in [-0.2, -0.15) is 0 Å². The van der Waals surface area contributed by atoms with E-state index in [0.29, 0.717) is 6.04 Å². The van der Waals surface area contributed by atoms with Crippen LogP contribution in [0.1, 0.15) is 27.2 Å². The zero-order chi connectivity index (χ0) is 10.8. The van der Waals surface area contributed by atoms with Gasteiger partial charge in [-0.05, 0) is 39.5 Å². The normalized spacial score (nSPS) is 13.5. The first kappa shape index (κ1) is 13.9. The summed E-state index contributed by atoms with van der Waals surface area (Å²) in [7, 11) is 1.74. The predicted octanol–water partition coefficient (Wildman–Crippen LogP) is 1.34. The van der Waals surface area contributed by atoms with Crippen molar-refractivity contribution < 1.29 is 4.74 Å². The average molecular weight is 202 g/mol. The van der Waals surface area contributed by atoms with Crippen LogP contribution in [-0.4, -0.2) is 50.8 Å². The van der Waals surface area contributed by atoms with Gasteiger partial charge in [-0.1, -0.05) is 13.8 Å². The van der Waals surface area contributed by atoms with Crippen LogP contribution in [0.2, 0.25) is 0 Å². The molecular weight excluding hydrogens is 176 g/mol. The molecule has 0 saturated carbocycles. The fourth-order valence-electron chi connectivity index (χ4n) is 1.50. The third-order valence-electron chi connectivity index (χ3n) is 2.46. The van der Waals surface area contributed by atoms with Gasteiger partial charge >= 0.3 is 0 Å². The summed E-state index contributed by atoms with van der Waals surface area (Å²) in [5.74, 6) is 0. The Morgan fingerprint density at radius 2 is 1.93 bits per heavy atom. The number of hydrogen-bond acceptors (Lipinski definition) is 3. The molecule has 0 unspecified atom stereocenters. The van der Waals surface area contributed by atoms with Crippen molar-refractivity contribution in [3.05, 3.63) is 0 Å². The van der Waals surface area contributed by atoms with Crippen molar-refractivity contribution in [2.75, 3.05) is 39.9 Å². The minimum absolute atomic E-state index is 0.469. The molecule has 0 aromatic carbocycles. The van der Waals surface area contributed by atoms with Crippen molar-refractivity contribution in [2.24, 2.45) is 0 Å². The van der Waals surface area contributed by atoms with Gasteiger partial charge in [0.2, 0.25) is 0 Å². The first-order valence-corrected chi connectivity index (χ1v) is 5.69. The Morgan fingerprint density at radius 1 is 1.29 bits per heavy atom. The van der Waals surface area contributed by atoms with Crippen LogP contribution in [0.4, 0.5) is 0 Å². The van der Waals surface area contributed by atoms with Gasteiger partial charge in [0.1, 0.15) is 0 Å². The highest BCUT2D eigenvalue weighted by molar-refractivity contribution is 4.60. The second-order valence-corrected chi connectivity index (χ2v) is 3.69. The van der Waals surface area contributed by atoms with E-state index in [0.717, 1.165) is 26.2 Å². The number of nitrogens with zero attached hydrogens (tertiary/aromatic N) is 1. The lowest BCUT2D eigenvalue weighted by Gasteiger charge is -2.18. The zero-order valence-electron chi connectivity index (χ0n) is 10.2. The van der Waals surface area contributed by atoms with E-state index < -0.39 is 0 Å². The molecule has 0 fully saturated rings.